The highest BCUT2D eigenvalue weighted by Gasteiger charge is 2.59. The molecule has 0 bridgehead atoms. The Morgan fingerprint density at radius 1 is 1.16 bits per heavy atom. The van der Waals surface area contributed by atoms with Gasteiger partial charge in [0.25, 0.3) is 0 Å². The number of allylic oxidation sites excluding steroid dienone is 1. The molecule has 0 aromatic heterocycles. The van der Waals surface area contributed by atoms with Gasteiger partial charge in [-0.1, -0.05) is 40.7 Å². The van der Waals surface area contributed by atoms with Gasteiger partial charge >= 0.3 is 0 Å². The van der Waals surface area contributed by atoms with Gasteiger partial charge in [0.15, 0.2) is 14.6 Å². The normalized spacial score (nSPS) is 36.1. The Morgan fingerprint density at radius 2 is 1.81 bits per heavy atom. The van der Waals surface area contributed by atoms with Crippen LogP contribution in [0.5, 0.6) is 0 Å². The second kappa shape index (κ2) is 11.0. The molecule has 4 nitrogen and oxygen atoms in total. The molecule has 2 aliphatic carbocycles. The second-order valence-electron chi connectivity index (χ2n) is 10.2. The van der Waals surface area contributed by atoms with Crippen molar-refractivity contribution >= 4 is 8.32 Å². The van der Waals surface area contributed by atoms with Crippen LogP contribution in [0.25, 0.3) is 0 Å². The predicted molar refractivity (Wildman–Crippen MR) is 131 cm³/mol. The lowest BCUT2D eigenvalue weighted by atomic mass is 9.48. The zero-order chi connectivity index (χ0) is 23.3. The Morgan fingerprint density at radius 3 is 2.35 bits per heavy atom. The van der Waals surface area contributed by atoms with Crippen LogP contribution in [0.2, 0.25) is 18.1 Å². The van der Waals surface area contributed by atoms with Crippen LogP contribution in [0.3, 0.4) is 0 Å². The summed E-state index contributed by atoms with van der Waals surface area (Å²) in [7, 11) is -1.71. The molecule has 1 unspecified atom stereocenters. The van der Waals surface area contributed by atoms with Gasteiger partial charge in [-0.15, -0.1) is 6.58 Å². The molecule has 2 rings (SSSR count). The summed E-state index contributed by atoms with van der Waals surface area (Å²) in [4.78, 5) is 0. The maximum atomic E-state index is 11.5. The van der Waals surface area contributed by atoms with E-state index in [9.17, 15) is 5.11 Å². The molecule has 2 saturated carbocycles. The van der Waals surface area contributed by atoms with E-state index in [1.165, 1.54) is 18.1 Å². The first-order chi connectivity index (χ1) is 14.7. The molecule has 0 aliphatic heterocycles. The summed E-state index contributed by atoms with van der Waals surface area (Å²) in [6.07, 6.45) is 8.14. The third-order valence-electron chi connectivity index (χ3n) is 8.69. The van der Waals surface area contributed by atoms with Gasteiger partial charge in [0, 0.05) is 12.0 Å². The summed E-state index contributed by atoms with van der Waals surface area (Å²) < 4.78 is 18.4. The monoisotopic (exact) mass is 452 g/mol. The third-order valence-corrected chi connectivity index (χ3v) is 13.3. The van der Waals surface area contributed by atoms with Crippen LogP contribution in [0.15, 0.2) is 24.5 Å². The Hall–Kier alpha value is -0.623. The maximum absolute atomic E-state index is 11.5. The average molecular weight is 453 g/mol. The maximum Gasteiger partial charge on any atom is 0.196 e. The van der Waals surface area contributed by atoms with Crippen molar-refractivity contribution in [2.24, 2.45) is 16.7 Å². The molecule has 0 aromatic carbocycles. The van der Waals surface area contributed by atoms with Gasteiger partial charge in [-0.3, -0.25) is 0 Å². The van der Waals surface area contributed by atoms with Crippen LogP contribution < -0.4 is 0 Å². The van der Waals surface area contributed by atoms with Gasteiger partial charge in [-0.25, -0.2) is 0 Å². The van der Waals surface area contributed by atoms with Gasteiger partial charge in [0.2, 0.25) is 0 Å². The van der Waals surface area contributed by atoms with E-state index in [0.29, 0.717) is 12.5 Å². The summed E-state index contributed by atoms with van der Waals surface area (Å²) in [5, 5.41) is 11.5. The van der Waals surface area contributed by atoms with Crippen molar-refractivity contribution < 1.29 is 19.0 Å². The molecule has 2 fully saturated rings. The molecule has 1 N–H and O–H groups in total. The number of fused-ring (bicyclic) bond motifs is 1. The zero-order valence-electron chi connectivity index (χ0n) is 21.2. The number of hydrogen-bond acceptors (Lipinski definition) is 4. The first kappa shape index (κ1) is 26.6. The molecule has 5 heteroatoms. The summed E-state index contributed by atoms with van der Waals surface area (Å²) in [5.74, 6) is 0.394. The first-order valence-electron chi connectivity index (χ1n) is 12.6. The van der Waals surface area contributed by atoms with Crippen molar-refractivity contribution in [1.82, 2.24) is 0 Å². The van der Waals surface area contributed by atoms with E-state index in [4.69, 9.17) is 13.9 Å². The van der Waals surface area contributed by atoms with E-state index in [1.54, 1.807) is 6.26 Å². The van der Waals surface area contributed by atoms with E-state index >= 15 is 0 Å². The van der Waals surface area contributed by atoms with Gasteiger partial charge in [-0.2, -0.15) is 0 Å². The fraction of sp³-hybridized carbons (Fsp3) is 0.846. The van der Waals surface area contributed by atoms with E-state index in [-0.39, 0.29) is 23.2 Å². The standard InChI is InChI=1S/C26H48O4Si/c1-9-17-25(7)22-15-14-21(19-29-20(6)28-10-2)24(27)26(22,8)18-16-23(25)30-31(11-3,12-4)13-5/h9,19-20,22-24,27H,1,10-18H2,2-8H3/b21-19-/t20?,22-,23+,24-,25-,26-/m0/s1. The molecule has 0 aromatic rings. The molecule has 0 spiro atoms. The predicted octanol–water partition coefficient (Wildman–Crippen LogP) is 6.81. The highest BCUT2D eigenvalue weighted by molar-refractivity contribution is 6.73. The zero-order valence-corrected chi connectivity index (χ0v) is 22.2. The van der Waals surface area contributed by atoms with Gasteiger partial charge in [-0.05, 0) is 81.0 Å². The minimum absolute atomic E-state index is 0.00150. The molecular formula is C26H48O4Si. The lowest BCUT2D eigenvalue weighted by Gasteiger charge is -2.60. The van der Waals surface area contributed by atoms with E-state index < -0.39 is 14.4 Å². The highest BCUT2D eigenvalue weighted by Crippen LogP contribution is 2.61. The molecule has 0 heterocycles. The van der Waals surface area contributed by atoms with Gasteiger partial charge < -0.3 is 19.0 Å². The molecule has 31 heavy (non-hydrogen) atoms. The quantitative estimate of drug-likeness (QED) is 0.162. The minimum Gasteiger partial charge on any atom is -0.473 e. The number of rotatable bonds is 11. The molecule has 0 radical (unpaired) electrons. The summed E-state index contributed by atoms with van der Waals surface area (Å²) >= 11 is 0. The summed E-state index contributed by atoms with van der Waals surface area (Å²) in [6.45, 7) is 20.2. The Kier molecular flexibility index (Phi) is 9.45. The molecule has 180 valence electrons. The van der Waals surface area contributed by atoms with Crippen molar-refractivity contribution in [3.63, 3.8) is 0 Å². The summed E-state index contributed by atoms with van der Waals surface area (Å²) in [6, 6.07) is 3.52. The lowest BCUT2D eigenvalue weighted by Crippen LogP contribution is -2.60. The van der Waals surface area contributed by atoms with Crippen molar-refractivity contribution in [3.05, 3.63) is 24.5 Å². The van der Waals surface area contributed by atoms with Crippen molar-refractivity contribution in [2.75, 3.05) is 6.61 Å². The first-order valence-corrected chi connectivity index (χ1v) is 15.1. The number of aliphatic hydroxyl groups is 1. The average Bonchev–Trinajstić information content (AvgIpc) is 2.75. The van der Waals surface area contributed by atoms with Crippen LogP contribution in [-0.2, 0) is 13.9 Å². The molecule has 0 saturated heterocycles. The fourth-order valence-corrected chi connectivity index (χ4v) is 9.43. The SMILES string of the molecule is C=CC[C@@]1(C)[C@@H]2CC/C(=C/OC(C)OCC)[C@H](O)[C@@]2(C)CC[C@H]1O[Si](CC)(CC)CC. The third kappa shape index (κ3) is 5.31. The van der Waals surface area contributed by atoms with Crippen molar-refractivity contribution in [1.29, 1.82) is 0 Å². The number of ether oxygens (including phenoxy) is 2. The molecule has 0 amide bonds. The summed E-state index contributed by atoms with van der Waals surface area (Å²) in [5.41, 5.74) is 0.831. The Bertz CT molecular complexity index is 608. The molecule has 2 aliphatic rings. The van der Waals surface area contributed by atoms with Crippen LogP contribution in [0, 0.1) is 16.7 Å². The topological polar surface area (TPSA) is 47.9 Å². The number of aliphatic hydroxyl groups excluding tert-OH is 1. The van der Waals surface area contributed by atoms with E-state index in [1.807, 2.05) is 13.8 Å². The highest BCUT2D eigenvalue weighted by atomic mass is 28.4. The molecule has 6 atom stereocenters. The van der Waals surface area contributed by atoms with Crippen LogP contribution in [-0.4, -0.2) is 38.5 Å². The number of hydrogen-bond donors (Lipinski definition) is 1. The largest absolute Gasteiger partial charge is 0.473 e. The smallest absolute Gasteiger partial charge is 0.196 e. The Balaban J connectivity index is 2.30. The lowest BCUT2D eigenvalue weighted by molar-refractivity contribution is -0.147. The van der Waals surface area contributed by atoms with Gasteiger partial charge in [0.1, 0.15) is 0 Å². The van der Waals surface area contributed by atoms with Crippen molar-refractivity contribution in [3.8, 4) is 0 Å². The molecular weight excluding hydrogens is 404 g/mol. The van der Waals surface area contributed by atoms with Gasteiger partial charge in [0.05, 0.1) is 18.5 Å². The van der Waals surface area contributed by atoms with E-state index in [0.717, 1.165) is 37.7 Å². The minimum atomic E-state index is -1.71. The second-order valence-corrected chi connectivity index (χ2v) is 15.0. The van der Waals surface area contributed by atoms with Crippen LogP contribution in [0.1, 0.15) is 80.6 Å². The van der Waals surface area contributed by atoms with Crippen LogP contribution >= 0.6 is 0 Å². The Labute approximate surface area is 192 Å². The van der Waals surface area contributed by atoms with Crippen LogP contribution in [0.4, 0.5) is 0 Å². The fourth-order valence-electron chi connectivity index (χ4n) is 6.44. The van der Waals surface area contributed by atoms with E-state index in [2.05, 4.69) is 47.3 Å². The van der Waals surface area contributed by atoms with Crippen molar-refractivity contribution in [2.45, 2.75) is 117 Å².